The van der Waals surface area contributed by atoms with E-state index >= 15 is 0 Å². The summed E-state index contributed by atoms with van der Waals surface area (Å²) in [5, 5.41) is 12.8. The SMILES string of the molecule is CC(C)(C)c1ccc(C2(CNc3ccnc(N)c3C#N)CCC2)cc1. The first-order chi connectivity index (χ1) is 11.9. The van der Waals surface area contributed by atoms with Crippen molar-refractivity contribution in [3.05, 3.63) is 53.2 Å². The maximum atomic E-state index is 9.31. The molecule has 0 saturated heterocycles. The van der Waals surface area contributed by atoms with Gasteiger partial charge in [-0.25, -0.2) is 4.98 Å². The molecule has 0 aliphatic heterocycles. The Hall–Kier alpha value is -2.54. The van der Waals surface area contributed by atoms with Gasteiger partial charge in [-0.2, -0.15) is 5.26 Å². The Morgan fingerprint density at radius 1 is 1.20 bits per heavy atom. The molecule has 1 fully saturated rings. The monoisotopic (exact) mass is 334 g/mol. The molecule has 130 valence electrons. The van der Waals surface area contributed by atoms with Gasteiger partial charge in [-0.3, -0.25) is 0 Å². The maximum absolute atomic E-state index is 9.31. The largest absolute Gasteiger partial charge is 0.383 e. The fourth-order valence-corrected chi connectivity index (χ4v) is 3.50. The van der Waals surface area contributed by atoms with Crippen molar-refractivity contribution in [3.63, 3.8) is 0 Å². The van der Waals surface area contributed by atoms with E-state index < -0.39 is 0 Å². The molecule has 2 aromatic rings. The van der Waals surface area contributed by atoms with Crippen molar-refractivity contribution in [2.24, 2.45) is 0 Å². The highest BCUT2D eigenvalue weighted by molar-refractivity contribution is 5.66. The van der Waals surface area contributed by atoms with Crippen molar-refractivity contribution in [1.29, 1.82) is 5.26 Å². The first kappa shape index (κ1) is 17.3. The lowest BCUT2D eigenvalue weighted by Crippen LogP contribution is -2.41. The van der Waals surface area contributed by atoms with E-state index in [9.17, 15) is 5.26 Å². The molecule has 1 aromatic heterocycles. The van der Waals surface area contributed by atoms with Crippen LogP contribution in [0.1, 0.15) is 56.7 Å². The molecule has 25 heavy (non-hydrogen) atoms. The molecule has 0 atom stereocenters. The zero-order valence-electron chi connectivity index (χ0n) is 15.3. The molecule has 0 radical (unpaired) electrons. The molecule has 0 spiro atoms. The summed E-state index contributed by atoms with van der Waals surface area (Å²) in [4.78, 5) is 4.00. The lowest BCUT2D eigenvalue weighted by Gasteiger charge is -2.43. The number of nitriles is 1. The molecule has 1 saturated carbocycles. The van der Waals surface area contributed by atoms with Crippen molar-refractivity contribution < 1.29 is 0 Å². The summed E-state index contributed by atoms with van der Waals surface area (Å²) in [7, 11) is 0. The average molecular weight is 334 g/mol. The topological polar surface area (TPSA) is 74.7 Å². The Kier molecular flexibility index (Phi) is 4.43. The van der Waals surface area contributed by atoms with E-state index in [1.165, 1.54) is 17.5 Å². The van der Waals surface area contributed by atoms with Gasteiger partial charge in [-0.1, -0.05) is 51.5 Å². The minimum atomic E-state index is 0.140. The zero-order chi connectivity index (χ0) is 18.1. The Labute approximate surface area is 150 Å². The number of nitrogens with one attached hydrogen (secondary N) is 1. The molecule has 1 aromatic carbocycles. The van der Waals surface area contributed by atoms with Crippen LogP contribution in [0.15, 0.2) is 36.5 Å². The van der Waals surface area contributed by atoms with Gasteiger partial charge < -0.3 is 11.1 Å². The number of nitrogen functional groups attached to an aromatic ring is 1. The number of pyridine rings is 1. The van der Waals surface area contributed by atoms with Crippen LogP contribution in [0.2, 0.25) is 0 Å². The van der Waals surface area contributed by atoms with E-state index in [4.69, 9.17) is 5.73 Å². The molecule has 0 unspecified atom stereocenters. The molecule has 1 aliphatic rings. The van der Waals surface area contributed by atoms with E-state index in [0.29, 0.717) is 5.56 Å². The molecular weight excluding hydrogens is 308 g/mol. The number of hydrogen-bond donors (Lipinski definition) is 2. The number of aromatic nitrogens is 1. The summed E-state index contributed by atoms with van der Waals surface area (Å²) in [6.45, 7) is 7.51. The molecule has 1 aliphatic carbocycles. The van der Waals surface area contributed by atoms with Gasteiger partial charge >= 0.3 is 0 Å². The van der Waals surface area contributed by atoms with Gasteiger partial charge in [-0.05, 0) is 35.4 Å². The maximum Gasteiger partial charge on any atom is 0.143 e. The van der Waals surface area contributed by atoms with Crippen LogP contribution in [-0.2, 0) is 10.8 Å². The predicted octanol–water partition coefficient (Wildman–Crippen LogP) is 4.37. The number of nitrogens with zero attached hydrogens (tertiary/aromatic N) is 2. The third-order valence-corrected chi connectivity index (χ3v) is 5.38. The van der Waals surface area contributed by atoms with E-state index in [1.807, 2.05) is 6.07 Å². The molecule has 3 rings (SSSR count). The van der Waals surface area contributed by atoms with Crippen molar-refractivity contribution in [2.75, 3.05) is 17.6 Å². The fourth-order valence-electron chi connectivity index (χ4n) is 3.50. The molecule has 4 heteroatoms. The van der Waals surface area contributed by atoms with E-state index in [1.54, 1.807) is 6.20 Å². The summed E-state index contributed by atoms with van der Waals surface area (Å²) in [5.41, 5.74) is 10.0. The molecule has 3 N–H and O–H groups in total. The van der Waals surface area contributed by atoms with Gasteiger partial charge in [0, 0.05) is 18.2 Å². The van der Waals surface area contributed by atoms with Gasteiger partial charge in [0.15, 0.2) is 0 Å². The third kappa shape index (κ3) is 3.32. The standard InChI is InChI=1S/C21H26N4/c1-20(2,3)15-5-7-16(8-6-15)21(10-4-11-21)14-25-18-9-12-24-19(23)17(18)13-22/h5-9,12H,4,10-11,14H2,1-3H3,(H3,23,24,25). The first-order valence-electron chi connectivity index (χ1n) is 8.85. The summed E-state index contributed by atoms with van der Waals surface area (Å²) < 4.78 is 0. The van der Waals surface area contributed by atoms with Gasteiger partial charge in [0.2, 0.25) is 0 Å². The summed E-state index contributed by atoms with van der Waals surface area (Å²) in [6.07, 6.45) is 5.21. The minimum absolute atomic E-state index is 0.140. The smallest absolute Gasteiger partial charge is 0.143 e. The lowest BCUT2D eigenvalue weighted by molar-refractivity contribution is 0.260. The summed E-state index contributed by atoms with van der Waals surface area (Å²) in [6, 6.07) is 13.0. The second-order valence-electron chi connectivity index (χ2n) is 8.05. The van der Waals surface area contributed by atoms with E-state index in [-0.39, 0.29) is 16.6 Å². The van der Waals surface area contributed by atoms with E-state index in [2.05, 4.69) is 61.4 Å². The van der Waals surface area contributed by atoms with Crippen LogP contribution in [-0.4, -0.2) is 11.5 Å². The summed E-state index contributed by atoms with van der Waals surface area (Å²) in [5.74, 6) is 0.282. The van der Waals surface area contributed by atoms with Crippen molar-refractivity contribution in [1.82, 2.24) is 4.98 Å². The quantitative estimate of drug-likeness (QED) is 0.871. The van der Waals surface area contributed by atoms with Crippen molar-refractivity contribution in [2.45, 2.75) is 50.9 Å². The van der Waals surface area contributed by atoms with Crippen LogP contribution in [0.25, 0.3) is 0 Å². The molecule has 0 amide bonds. The van der Waals surface area contributed by atoms with Crippen LogP contribution in [0.5, 0.6) is 0 Å². The normalized spacial score (nSPS) is 15.9. The van der Waals surface area contributed by atoms with Crippen LogP contribution in [0.3, 0.4) is 0 Å². The van der Waals surface area contributed by atoms with Gasteiger partial charge in [-0.15, -0.1) is 0 Å². The van der Waals surface area contributed by atoms with Crippen LogP contribution in [0, 0.1) is 11.3 Å². The predicted molar refractivity (Wildman–Crippen MR) is 103 cm³/mol. The van der Waals surface area contributed by atoms with Crippen molar-refractivity contribution in [3.8, 4) is 6.07 Å². The first-order valence-corrected chi connectivity index (χ1v) is 8.85. The number of rotatable bonds is 4. The number of benzene rings is 1. The molecular formula is C21H26N4. The minimum Gasteiger partial charge on any atom is -0.383 e. The average Bonchev–Trinajstić information content (AvgIpc) is 2.53. The fraction of sp³-hybridized carbons (Fsp3) is 0.429. The van der Waals surface area contributed by atoms with Crippen LogP contribution >= 0.6 is 0 Å². The highest BCUT2D eigenvalue weighted by atomic mass is 14.9. The Bertz CT molecular complexity index is 790. The highest BCUT2D eigenvalue weighted by Gasteiger charge is 2.38. The number of hydrogen-bond acceptors (Lipinski definition) is 4. The summed E-state index contributed by atoms with van der Waals surface area (Å²) >= 11 is 0. The lowest BCUT2D eigenvalue weighted by atomic mass is 9.64. The molecule has 1 heterocycles. The van der Waals surface area contributed by atoms with Crippen LogP contribution in [0.4, 0.5) is 11.5 Å². The molecule has 4 nitrogen and oxygen atoms in total. The van der Waals surface area contributed by atoms with Gasteiger partial charge in [0.1, 0.15) is 17.5 Å². The van der Waals surface area contributed by atoms with Crippen LogP contribution < -0.4 is 11.1 Å². The highest BCUT2D eigenvalue weighted by Crippen LogP contribution is 2.44. The molecule has 0 bridgehead atoms. The van der Waals surface area contributed by atoms with Crippen molar-refractivity contribution >= 4 is 11.5 Å². The number of anilines is 2. The Morgan fingerprint density at radius 3 is 2.40 bits per heavy atom. The third-order valence-electron chi connectivity index (χ3n) is 5.38. The Balaban J connectivity index is 1.81. The van der Waals surface area contributed by atoms with Gasteiger partial charge in [0.25, 0.3) is 0 Å². The zero-order valence-corrected chi connectivity index (χ0v) is 15.3. The second-order valence-corrected chi connectivity index (χ2v) is 8.05. The van der Waals surface area contributed by atoms with Gasteiger partial charge in [0.05, 0.1) is 5.69 Å². The second kappa shape index (κ2) is 6.40. The number of nitrogens with two attached hydrogens (primary N) is 1. The van der Waals surface area contributed by atoms with E-state index in [0.717, 1.165) is 25.1 Å². The Morgan fingerprint density at radius 2 is 1.88 bits per heavy atom.